The highest BCUT2D eigenvalue weighted by Gasteiger charge is 2.23. The van der Waals surface area contributed by atoms with Crippen molar-refractivity contribution in [2.45, 2.75) is 19.4 Å². The number of hydrogen-bond acceptors (Lipinski definition) is 9. The Morgan fingerprint density at radius 1 is 1.00 bits per heavy atom. The summed E-state index contributed by atoms with van der Waals surface area (Å²) in [6, 6.07) is 10.2. The summed E-state index contributed by atoms with van der Waals surface area (Å²) in [4.78, 5) is 19.1. The standard InChI is InChI=1S/C10H12N2O2.C9H8N2O3/c1-10(2,13)9-12-7-5-6(11)3-4-8(7)14-9;1-13-9(12)8-11-6-4-5(10)2-3-7(6)14-8/h3-5,13H,11H2,1-2H3;2-4H,10H2,1H3. The van der Waals surface area contributed by atoms with Crippen molar-refractivity contribution < 1.29 is 23.5 Å². The van der Waals surface area contributed by atoms with Crippen LogP contribution in [-0.2, 0) is 10.3 Å². The molecule has 0 radical (unpaired) electrons. The molecule has 0 spiro atoms. The Morgan fingerprint density at radius 2 is 1.54 bits per heavy atom. The molecule has 0 saturated carbocycles. The second kappa shape index (κ2) is 7.20. The number of ether oxygens (including phenoxy) is 1. The van der Waals surface area contributed by atoms with Crippen LogP contribution in [0.25, 0.3) is 22.2 Å². The number of aromatic nitrogens is 2. The zero-order valence-electron chi connectivity index (χ0n) is 15.6. The number of oxazole rings is 2. The summed E-state index contributed by atoms with van der Waals surface area (Å²) in [7, 11) is 1.27. The van der Waals surface area contributed by atoms with Crippen LogP contribution in [-0.4, -0.2) is 28.2 Å². The molecular formula is C19H20N4O5. The van der Waals surface area contributed by atoms with Gasteiger partial charge < -0.3 is 30.1 Å². The van der Waals surface area contributed by atoms with Crippen molar-refractivity contribution in [1.29, 1.82) is 0 Å². The first-order valence-corrected chi connectivity index (χ1v) is 8.30. The van der Waals surface area contributed by atoms with Gasteiger partial charge in [0.15, 0.2) is 11.2 Å². The van der Waals surface area contributed by atoms with Gasteiger partial charge in [-0.1, -0.05) is 0 Å². The predicted octanol–water partition coefficient (Wildman–Crippen LogP) is 2.83. The predicted molar refractivity (Wildman–Crippen MR) is 103 cm³/mol. The smallest absolute Gasteiger partial charge is 0.394 e. The summed E-state index contributed by atoms with van der Waals surface area (Å²) in [5, 5.41) is 9.67. The fourth-order valence-electron chi connectivity index (χ4n) is 2.33. The molecule has 0 unspecified atom stereocenters. The monoisotopic (exact) mass is 384 g/mol. The van der Waals surface area contributed by atoms with Crippen molar-refractivity contribution in [3.63, 3.8) is 0 Å². The van der Waals surface area contributed by atoms with Gasteiger partial charge in [0.2, 0.25) is 5.89 Å². The van der Waals surface area contributed by atoms with E-state index in [9.17, 15) is 9.90 Å². The third-order valence-corrected chi connectivity index (χ3v) is 3.71. The lowest BCUT2D eigenvalue weighted by Crippen LogP contribution is -2.15. The van der Waals surface area contributed by atoms with Crippen LogP contribution in [0.3, 0.4) is 0 Å². The number of hydrogen-bond donors (Lipinski definition) is 3. The third kappa shape index (κ3) is 4.04. The van der Waals surface area contributed by atoms with Gasteiger partial charge in [-0.2, -0.15) is 0 Å². The molecule has 2 aromatic heterocycles. The minimum Gasteiger partial charge on any atom is -0.462 e. The average Bonchev–Trinajstić information content (AvgIpc) is 3.24. The van der Waals surface area contributed by atoms with E-state index in [-0.39, 0.29) is 5.89 Å². The maximum atomic E-state index is 11.1. The molecule has 28 heavy (non-hydrogen) atoms. The average molecular weight is 384 g/mol. The van der Waals surface area contributed by atoms with Crippen molar-refractivity contribution in [3.8, 4) is 0 Å². The van der Waals surface area contributed by atoms with Gasteiger partial charge in [0, 0.05) is 11.4 Å². The lowest BCUT2D eigenvalue weighted by atomic mass is 10.1. The molecule has 146 valence electrons. The number of anilines is 2. The number of carbonyl (C=O) groups excluding carboxylic acids is 1. The number of nitrogen functional groups attached to an aromatic ring is 2. The molecule has 4 aromatic rings. The van der Waals surface area contributed by atoms with Crippen LogP contribution in [0, 0.1) is 0 Å². The number of carbonyl (C=O) groups is 1. The van der Waals surface area contributed by atoms with Gasteiger partial charge in [-0.25, -0.2) is 14.8 Å². The van der Waals surface area contributed by atoms with E-state index in [0.717, 1.165) is 0 Å². The van der Waals surface area contributed by atoms with Crippen LogP contribution in [0.2, 0.25) is 0 Å². The van der Waals surface area contributed by atoms with Gasteiger partial charge in [0.25, 0.3) is 0 Å². The van der Waals surface area contributed by atoms with Crippen molar-refractivity contribution >= 4 is 39.5 Å². The van der Waals surface area contributed by atoms with Crippen molar-refractivity contribution in [2.24, 2.45) is 0 Å². The fraction of sp³-hybridized carbons (Fsp3) is 0.211. The molecule has 0 aliphatic rings. The first-order valence-electron chi connectivity index (χ1n) is 8.30. The summed E-state index contributed by atoms with van der Waals surface area (Å²) >= 11 is 0. The number of esters is 1. The summed E-state index contributed by atoms with van der Waals surface area (Å²) in [5.74, 6) is -0.356. The first kappa shape index (κ1) is 19.2. The number of fused-ring (bicyclic) bond motifs is 2. The van der Waals surface area contributed by atoms with Gasteiger partial charge in [-0.05, 0) is 50.2 Å². The van der Waals surface area contributed by atoms with Gasteiger partial charge in [0.1, 0.15) is 16.6 Å². The molecule has 0 aliphatic heterocycles. The van der Waals surface area contributed by atoms with Crippen LogP contribution in [0.1, 0.15) is 30.4 Å². The van der Waals surface area contributed by atoms with Crippen LogP contribution in [0.15, 0.2) is 45.2 Å². The van der Waals surface area contributed by atoms with E-state index in [1.54, 1.807) is 50.2 Å². The molecule has 5 N–H and O–H groups in total. The van der Waals surface area contributed by atoms with Crippen LogP contribution in [0.4, 0.5) is 11.4 Å². The molecule has 0 bridgehead atoms. The quantitative estimate of drug-likeness (QED) is 0.350. The minimum atomic E-state index is -1.06. The Kier molecular flexibility index (Phi) is 4.93. The van der Waals surface area contributed by atoms with E-state index < -0.39 is 11.6 Å². The first-order chi connectivity index (χ1) is 13.2. The second-order valence-corrected chi connectivity index (χ2v) is 6.54. The topological polar surface area (TPSA) is 151 Å². The number of nitrogens with zero attached hydrogens (tertiary/aromatic N) is 2. The Balaban J connectivity index is 0.000000161. The third-order valence-electron chi connectivity index (χ3n) is 3.71. The Labute approximate surface area is 159 Å². The van der Waals surface area contributed by atoms with Crippen LogP contribution in [0.5, 0.6) is 0 Å². The lowest BCUT2D eigenvalue weighted by molar-refractivity contribution is 0.0500. The maximum Gasteiger partial charge on any atom is 0.394 e. The van der Waals surface area contributed by atoms with Gasteiger partial charge in [0.05, 0.1) is 7.11 Å². The lowest BCUT2D eigenvalue weighted by Gasteiger charge is -2.10. The zero-order valence-corrected chi connectivity index (χ0v) is 15.6. The molecular weight excluding hydrogens is 364 g/mol. The van der Waals surface area contributed by atoms with E-state index in [0.29, 0.717) is 39.5 Å². The van der Waals surface area contributed by atoms with Gasteiger partial charge >= 0.3 is 11.9 Å². The number of benzene rings is 2. The van der Waals surface area contributed by atoms with Crippen molar-refractivity contribution in [3.05, 3.63) is 48.2 Å². The molecule has 2 heterocycles. The van der Waals surface area contributed by atoms with E-state index in [2.05, 4.69) is 14.7 Å². The maximum absolute atomic E-state index is 11.1. The second-order valence-electron chi connectivity index (χ2n) is 6.54. The van der Waals surface area contributed by atoms with Crippen molar-refractivity contribution in [1.82, 2.24) is 9.97 Å². The number of rotatable bonds is 2. The largest absolute Gasteiger partial charge is 0.462 e. The molecule has 0 saturated heterocycles. The van der Waals surface area contributed by atoms with Crippen LogP contribution >= 0.6 is 0 Å². The molecule has 0 fully saturated rings. The van der Waals surface area contributed by atoms with Gasteiger partial charge in [-0.15, -0.1) is 0 Å². The minimum absolute atomic E-state index is 0.0619. The number of aliphatic hydroxyl groups is 1. The van der Waals surface area contributed by atoms with Crippen LogP contribution < -0.4 is 11.5 Å². The molecule has 0 atom stereocenters. The van der Waals surface area contributed by atoms with E-state index >= 15 is 0 Å². The zero-order chi connectivity index (χ0) is 20.5. The van der Waals surface area contributed by atoms with E-state index in [1.165, 1.54) is 7.11 Å². The number of methoxy groups -OCH3 is 1. The molecule has 9 heteroatoms. The van der Waals surface area contributed by atoms with Crippen molar-refractivity contribution in [2.75, 3.05) is 18.6 Å². The highest BCUT2D eigenvalue weighted by Crippen LogP contribution is 2.25. The SMILES string of the molecule is CC(C)(O)c1nc2cc(N)ccc2o1.COC(=O)c1nc2cc(N)ccc2o1. The van der Waals surface area contributed by atoms with E-state index in [1.807, 2.05) is 0 Å². The van der Waals surface area contributed by atoms with E-state index in [4.69, 9.17) is 20.3 Å². The molecule has 2 aromatic carbocycles. The normalized spacial score (nSPS) is 11.3. The fourth-order valence-corrected chi connectivity index (χ4v) is 2.33. The number of nitrogens with two attached hydrogens (primary N) is 2. The Morgan fingerprint density at radius 3 is 2.07 bits per heavy atom. The highest BCUT2D eigenvalue weighted by molar-refractivity contribution is 5.88. The van der Waals surface area contributed by atoms with Gasteiger partial charge in [-0.3, -0.25) is 0 Å². The Hall–Kier alpha value is -3.59. The molecule has 0 aliphatic carbocycles. The highest BCUT2D eigenvalue weighted by atomic mass is 16.5. The molecule has 9 nitrogen and oxygen atoms in total. The summed E-state index contributed by atoms with van der Waals surface area (Å²) < 4.78 is 15.0. The summed E-state index contributed by atoms with van der Waals surface area (Å²) in [6.07, 6.45) is 0. The summed E-state index contributed by atoms with van der Waals surface area (Å²) in [5.41, 5.74) is 13.6. The summed E-state index contributed by atoms with van der Waals surface area (Å²) in [6.45, 7) is 3.25. The Bertz CT molecular complexity index is 1140. The molecule has 4 rings (SSSR count). The molecule has 0 amide bonds.